The summed E-state index contributed by atoms with van der Waals surface area (Å²) in [4.78, 5) is 24.4. The zero-order chi connectivity index (χ0) is 25.2. The van der Waals surface area contributed by atoms with Crippen LogP contribution in [0, 0.1) is 16.7 Å². The van der Waals surface area contributed by atoms with E-state index in [2.05, 4.69) is 60.4 Å². The minimum Gasteiger partial charge on any atom is -0.370 e. The predicted molar refractivity (Wildman–Crippen MR) is 139 cm³/mol. The molecule has 188 valence electrons. The van der Waals surface area contributed by atoms with Crippen LogP contribution in [0.2, 0.25) is 0 Å². The van der Waals surface area contributed by atoms with Gasteiger partial charge in [0.25, 0.3) is 0 Å². The van der Waals surface area contributed by atoms with Crippen molar-refractivity contribution in [3.63, 3.8) is 0 Å². The lowest BCUT2D eigenvalue weighted by Gasteiger charge is -2.45. The van der Waals surface area contributed by atoms with E-state index in [-0.39, 0.29) is 29.6 Å². The molecule has 3 atom stereocenters. The van der Waals surface area contributed by atoms with E-state index in [0.29, 0.717) is 12.0 Å². The number of carbonyl (C=O) groups excluding carboxylic acids is 1. The molecule has 2 fully saturated rings. The molecule has 1 aromatic heterocycles. The van der Waals surface area contributed by atoms with E-state index in [0.717, 1.165) is 62.3 Å². The van der Waals surface area contributed by atoms with E-state index in [1.807, 2.05) is 24.3 Å². The summed E-state index contributed by atoms with van der Waals surface area (Å²) in [5, 5.41) is 10.5. The number of rotatable bonds is 5. The summed E-state index contributed by atoms with van der Waals surface area (Å²) in [5.74, 6) is 0.277. The van der Waals surface area contributed by atoms with Crippen LogP contribution in [0.1, 0.15) is 53.0 Å². The maximum Gasteiger partial charge on any atom is 0.223 e. The minimum atomic E-state index is 0.00712. The molecule has 4 rings (SSSR count). The number of anilines is 1. The van der Waals surface area contributed by atoms with Crippen molar-refractivity contribution in [3.8, 4) is 6.07 Å². The summed E-state index contributed by atoms with van der Waals surface area (Å²) in [6, 6.07) is 10.4. The molecule has 0 spiro atoms. The van der Waals surface area contributed by atoms with Gasteiger partial charge in [-0.15, -0.1) is 0 Å². The Morgan fingerprint density at radius 1 is 1.20 bits per heavy atom. The van der Waals surface area contributed by atoms with Crippen molar-refractivity contribution in [2.75, 3.05) is 44.2 Å². The number of hydrogen-bond acceptors (Lipinski definition) is 6. The molecule has 3 heterocycles. The number of amides is 1. The van der Waals surface area contributed by atoms with Gasteiger partial charge in [-0.1, -0.05) is 27.7 Å². The van der Waals surface area contributed by atoms with Gasteiger partial charge in [0.1, 0.15) is 6.07 Å². The number of ether oxygens (including phenoxy) is 1. The number of carbonyl (C=O) groups is 1. The van der Waals surface area contributed by atoms with Gasteiger partial charge in [0.05, 0.1) is 23.3 Å². The topological polar surface area (TPSA) is 72.7 Å². The molecule has 0 saturated carbocycles. The Morgan fingerprint density at radius 3 is 2.71 bits per heavy atom. The van der Waals surface area contributed by atoms with Crippen LogP contribution in [0.25, 0.3) is 10.9 Å². The Hall–Kier alpha value is -2.69. The zero-order valence-electron chi connectivity index (χ0n) is 21.8. The van der Waals surface area contributed by atoms with Crippen LogP contribution >= 0.6 is 0 Å². The Labute approximate surface area is 209 Å². The highest BCUT2D eigenvalue weighted by atomic mass is 16.5. The van der Waals surface area contributed by atoms with Crippen LogP contribution in [0.4, 0.5) is 5.69 Å². The second-order valence-corrected chi connectivity index (χ2v) is 11.3. The molecule has 1 aromatic carbocycles. The van der Waals surface area contributed by atoms with Crippen LogP contribution in [0.3, 0.4) is 0 Å². The fourth-order valence-corrected chi connectivity index (χ4v) is 5.47. The van der Waals surface area contributed by atoms with Crippen LogP contribution in [0.15, 0.2) is 30.5 Å². The number of hydrogen-bond donors (Lipinski definition) is 0. The standard InChI is InChI=1S/C28H39N5O2/c1-6-22-17-31(12-13-33(22)26(34)14-28(3,4)5)18-23-19-32(16-20(2)35-23)25-10-9-21(15-29)27-24(25)8-7-11-30-27/h7-11,20,22-23H,6,12-14,16-19H2,1-5H3/t20-,22?,23+/m1/s1. The average molecular weight is 478 g/mol. The van der Waals surface area contributed by atoms with Crippen molar-refractivity contribution in [2.24, 2.45) is 5.41 Å². The number of nitriles is 1. The Morgan fingerprint density at radius 2 is 2.00 bits per heavy atom. The third kappa shape index (κ3) is 5.94. The molecule has 1 unspecified atom stereocenters. The monoisotopic (exact) mass is 477 g/mol. The van der Waals surface area contributed by atoms with Crippen molar-refractivity contribution in [3.05, 3.63) is 36.0 Å². The molecule has 7 nitrogen and oxygen atoms in total. The summed E-state index contributed by atoms with van der Waals surface area (Å²) in [6.07, 6.45) is 3.48. The second-order valence-electron chi connectivity index (χ2n) is 11.3. The SMILES string of the molecule is CCC1CN(C[C@H]2CN(c3ccc(C#N)c4ncccc34)C[C@@H](C)O2)CCN1C(=O)CC(C)(C)C. The van der Waals surface area contributed by atoms with E-state index in [1.165, 1.54) is 0 Å². The molecule has 0 aliphatic carbocycles. The van der Waals surface area contributed by atoms with Crippen LogP contribution in [-0.4, -0.2) is 78.2 Å². The fourth-order valence-electron chi connectivity index (χ4n) is 5.47. The van der Waals surface area contributed by atoms with Gasteiger partial charge in [-0.25, -0.2) is 0 Å². The van der Waals surface area contributed by atoms with Gasteiger partial charge in [0.2, 0.25) is 5.91 Å². The highest BCUT2D eigenvalue weighted by Crippen LogP contribution is 2.31. The van der Waals surface area contributed by atoms with Crippen molar-refractivity contribution in [1.29, 1.82) is 5.26 Å². The maximum absolute atomic E-state index is 12.9. The summed E-state index contributed by atoms with van der Waals surface area (Å²) in [7, 11) is 0. The lowest BCUT2D eigenvalue weighted by atomic mass is 9.91. The Kier molecular flexibility index (Phi) is 7.63. The molecule has 2 aliphatic rings. The number of piperazine rings is 1. The highest BCUT2D eigenvalue weighted by Gasteiger charge is 2.34. The van der Waals surface area contributed by atoms with Crippen LogP contribution in [0.5, 0.6) is 0 Å². The van der Waals surface area contributed by atoms with Crippen LogP contribution < -0.4 is 4.90 Å². The first kappa shape index (κ1) is 25.4. The largest absolute Gasteiger partial charge is 0.370 e. The molecule has 0 radical (unpaired) electrons. The Balaban J connectivity index is 1.45. The van der Waals surface area contributed by atoms with Gasteiger partial charge >= 0.3 is 0 Å². The molecule has 0 N–H and O–H groups in total. The summed E-state index contributed by atoms with van der Waals surface area (Å²) in [6.45, 7) is 15.7. The zero-order valence-corrected chi connectivity index (χ0v) is 21.8. The van der Waals surface area contributed by atoms with Gasteiger partial charge in [-0.3, -0.25) is 14.7 Å². The normalized spacial score (nSPS) is 23.9. The number of morpholine rings is 1. The molecule has 2 aromatic rings. The first-order valence-corrected chi connectivity index (χ1v) is 12.9. The van der Waals surface area contributed by atoms with Gasteiger partial charge < -0.3 is 14.5 Å². The quantitative estimate of drug-likeness (QED) is 0.647. The molecule has 7 heteroatoms. The molecule has 2 saturated heterocycles. The van der Waals surface area contributed by atoms with E-state index in [1.54, 1.807) is 6.20 Å². The fraction of sp³-hybridized carbons (Fsp3) is 0.607. The van der Waals surface area contributed by atoms with Gasteiger partial charge in [0.15, 0.2) is 0 Å². The van der Waals surface area contributed by atoms with Crippen molar-refractivity contribution >= 4 is 22.5 Å². The molecular formula is C28H39N5O2. The first-order valence-electron chi connectivity index (χ1n) is 12.9. The number of fused-ring (bicyclic) bond motifs is 1. The van der Waals surface area contributed by atoms with Gasteiger partial charge in [-0.2, -0.15) is 5.26 Å². The molecule has 1 amide bonds. The summed E-state index contributed by atoms with van der Waals surface area (Å²) in [5.41, 5.74) is 2.47. The maximum atomic E-state index is 12.9. The third-order valence-electron chi connectivity index (χ3n) is 7.04. The van der Waals surface area contributed by atoms with Gasteiger partial charge in [-0.05, 0) is 43.0 Å². The second kappa shape index (κ2) is 10.5. The van der Waals surface area contributed by atoms with E-state index >= 15 is 0 Å². The number of nitrogens with zero attached hydrogens (tertiary/aromatic N) is 5. The third-order valence-corrected chi connectivity index (χ3v) is 7.04. The molecular weight excluding hydrogens is 438 g/mol. The lowest BCUT2D eigenvalue weighted by Crippen LogP contribution is -2.58. The lowest BCUT2D eigenvalue weighted by molar-refractivity contribution is -0.138. The smallest absolute Gasteiger partial charge is 0.223 e. The van der Waals surface area contributed by atoms with E-state index in [4.69, 9.17) is 4.74 Å². The van der Waals surface area contributed by atoms with Crippen molar-refractivity contribution in [1.82, 2.24) is 14.8 Å². The summed E-state index contributed by atoms with van der Waals surface area (Å²) < 4.78 is 6.37. The van der Waals surface area contributed by atoms with Crippen molar-refractivity contribution < 1.29 is 9.53 Å². The molecule has 0 bridgehead atoms. The summed E-state index contributed by atoms with van der Waals surface area (Å²) >= 11 is 0. The van der Waals surface area contributed by atoms with Crippen LogP contribution in [-0.2, 0) is 9.53 Å². The molecule has 35 heavy (non-hydrogen) atoms. The van der Waals surface area contributed by atoms with E-state index < -0.39 is 0 Å². The highest BCUT2D eigenvalue weighted by molar-refractivity contribution is 5.95. The number of pyridine rings is 1. The Bertz CT molecular complexity index is 1090. The number of benzene rings is 1. The first-order chi connectivity index (χ1) is 16.7. The predicted octanol–water partition coefficient (Wildman–Crippen LogP) is 4.06. The van der Waals surface area contributed by atoms with Crippen molar-refractivity contribution in [2.45, 2.75) is 65.7 Å². The van der Waals surface area contributed by atoms with E-state index in [9.17, 15) is 10.1 Å². The average Bonchev–Trinajstić information content (AvgIpc) is 2.81. The number of aromatic nitrogens is 1. The minimum absolute atomic E-state index is 0.00712. The van der Waals surface area contributed by atoms with Gasteiger partial charge in [0, 0.05) is 69.0 Å². The molecule has 2 aliphatic heterocycles.